The molecule has 0 aliphatic heterocycles. The molecule has 0 spiro atoms. The molecular formula is C48H94Cl2N9O5S+. The van der Waals surface area contributed by atoms with Gasteiger partial charge in [-0.15, -0.1) is 0 Å². The molecule has 1 aromatic carbocycles. The van der Waals surface area contributed by atoms with Gasteiger partial charge in [0.1, 0.15) is 5.71 Å². The number of carbonyl (C=O) groups is 2. The highest BCUT2D eigenvalue weighted by molar-refractivity contribution is 7.85. The van der Waals surface area contributed by atoms with Crippen LogP contribution in [-0.2, 0) is 21.2 Å². The van der Waals surface area contributed by atoms with E-state index in [4.69, 9.17) is 21.4 Å². The monoisotopic (exact) mass is 979 g/mol. The molecule has 0 aromatic heterocycles. The highest BCUT2D eigenvalue weighted by Gasteiger charge is 2.29. The smallest absolute Gasteiger partial charge is 0.318 e. The molecule has 0 fully saturated rings. The first-order valence-corrected chi connectivity index (χ1v) is 26.0. The number of nitrogens with zero attached hydrogens (tertiary/aromatic N) is 2. The van der Waals surface area contributed by atoms with Crippen molar-refractivity contribution in [2.45, 2.75) is 181 Å². The SMILES string of the molecule is CC[NH+]=C(N)CCCCCCCN(CCCCCCCC(=[NH2+])CCCCCCCCN)C(=O)NC(C)(C)c1cccc(C(C)(C)NC(=O)NCCC[N+](C)(C)CCCS(=O)(=O)O)c1.[Cl-].[Cl-]. The van der Waals surface area contributed by atoms with Crippen LogP contribution in [0.25, 0.3) is 0 Å². The Kier molecular flexibility index (Phi) is 35.1. The maximum absolute atomic E-state index is 14.0. The third kappa shape index (κ3) is 32.6. The Balaban J connectivity index is 0. The normalized spacial score (nSPS) is 12.2. The van der Waals surface area contributed by atoms with E-state index in [0.29, 0.717) is 43.5 Å². The van der Waals surface area contributed by atoms with Gasteiger partial charge >= 0.3 is 12.1 Å². The summed E-state index contributed by atoms with van der Waals surface area (Å²) in [5.74, 6) is 0.607. The minimum atomic E-state index is -3.97. The van der Waals surface area contributed by atoms with Crippen molar-refractivity contribution in [3.05, 3.63) is 35.4 Å². The van der Waals surface area contributed by atoms with Crippen molar-refractivity contribution in [1.82, 2.24) is 20.9 Å². The van der Waals surface area contributed by atoms with E-state index in [2.05, 4.69) is 33.9 Å². The first-order chi connectivity index (χ1) is 29.7. The maximum atomic E-state index is 14.0. The van der Waals surface area contributed by atoms with Crippen LogP contribution in [0.5, 0.6) is 0 Å². The van der Waals surface area contributed by atoms with Crippen LogP contribution < -0.4 is 62.6 Å². The summed E-state index contributed by atoms with van der Waals surface area (Å²) >= 11 is 0. The number of nitrogens with two attached hydrogens (primary N) is 3. The first-order valence-electron chi connectivity index (χ1n) is 24.4. The van der Waals surface area contributed by atoms with Gasteiger partial charge in [-0.25, -0.2) is 9.59 Å². The average Bonchev–Trinajstić information content (AvgIpc) is 3.19. The van der Waals surface area contributed by atoms with E-state index in [9.17, 15) is 18.0 Å². The Morgan fingerprint density at radius 2 is 1.20 bits per heavy atom. The van der Waals surface area contributed by atoms with Gasteiger partial charge in [0.15, 0.2) is 0 Å². The van der Waals surface area contributed by atoms with Gasteiger partial charge in [0.05, 0.1) is 50.6 Å². The topological polar surface area (TPSA) is 219 Å². The third-order valence-electron chi connectivity index (χ3n) is 12.0. The molecule has 4 amide bonds. The molecule has 0 unspecified atom stereocenters. The number of amides is 4. The Morgan fingerprint density at radius 1 is 0.738 bits per heavy atom. The van der Waals surface area contributed by atoms with E-state index >= 15 is 0 Å². The molecule has 0 radical (unpaired) electrons. The highest BCUT2D eigenvalue weighted by atomic mass is 35.5. The second kappa shape index (κ2) is 35.5. The lowest BCUT2D eigenvalue weighted by Gasteiger charge is -2.33. The Labute approximate surface area is 408 Å². The molecule has 0 atom stereocenters. The van der Waals surface area contributed by atoms with Crippen LogP contribution >= 0.6 is 0 Å². The van der Waals surface area contributed by atoms with Crippen LogP contribution in [0.1, 0.15) is 181 Å². The summed E-state index contributed by atoms with van der Waals surface area (Å²) in [4.78, 5) is 32.2. The molecule has 1 rings (SSSR count). The lowest BCUT2D eigenvalue weighted by molar-refractivity contribution is -0.890. The fourth-order valence-corrected chi connectivity index (χ4v) is 8.40. The number of carbonyl (C=O) groups excluding carboxylic acids is 2. The van der Waals surface area contributed by atoms with Crippen LogP contribution in [0.2, 0.25) is 0 Å². The Morgan fingerprint density at radius 3 is 1.71 bits per heavy atom. The number of nitrogens with one attached hydrogen (secondary N) is 4. The molecule has 0 aliphatic rings. The van der Waals surface area contributed by atoms with Crippen molar-refractivity contribution in [1.29, 1.82) is 0 Å². The number of benzene rings is 1. The van der Waals surface area contributed by atoms with Crippen molar-refractivity contribution < 1.29 is 62.3 Å². The zero-order valence-corrected chi connectivity index (χ0v) is 44.0. The number of rotatable bonds is 37. The molecule has 0 saturated carbocycles. The number of hydrogen-bond acceptors (Lipinski definition) is 5. The standard InChI is InChI=1S/C48H91N9O5S.2ClH/c1-8-52-44(51)32-21-15-12-18-24-36-56(35-23-17-11-14-20-31-43(50)30-19-13-9-10-16-22-33-49)46(59)55-48(4,5)42-29-25-28-41(40-42)47(2,3)54-45(58)53-34-26-37-57(6,7)38-27-39-63(60,61)62;;/h25,28-29,40,50H,8-24,26-27,30-39,49H2,1-7H3,(H5-,51,52,53,54,55,58,59,60,61,62);2*1H/p+1. The molecule has 380 valence electrons. The van der Waals surface area contributed by atoms with Crippen LogP contribution in [0.15, 0.2) is 24.3 Å². The summed E-state index contributed by atoms with van der Waals surface area (Å²) < 4.78 is 31.8. The van der Waals surface area contributed by atoms with Gasteiger partial charge in [0.25, 0.3) is 10.1 Å². The van der Waals surface area contributed by atoms with Gasteiger partial charge < -0.3 is 55.9 Å². The number of quaternary nitrogens is 1. The van der Waals surface area contributed by atoms with E-state index in [-0.39, 0.29) is 42.6 Å². The van der Waals surface area contributed by atoms with Gasteiger partial charge in [0, 0.05) is 51.7 Å². The third-order valence-corrected chi connectivity index (χ3v) is 12.8. The summed E-state index contributed by atoms with van der Waals surface area (Å²) in [6.07, 6.45) is 22.1. The zero-order chi connectivity index (χ0) is 47.2. The number of urea groups is 2. The van der Waals surface area contributed by atoms with Crippen molar-refractivity contribution in [3.8, 4) is 0 Å². The van der Waals surface area contributed by atoms with Crippen LogP contribution in [0.4, 0.5) is 9.59 Å². The second-order valence-electron chi connectivity index (χ2n) is 19.4. The van der Waals surface area contributed by atoms with Gasteiger partial charge in [-0.1, -0.05) is 88.5 Å². The average molecular weight is 980 g/mol. The van der Waals surface area contributed by atoms with Gasteiger partial charge in [0.2, 0.25) is 5.84 Å². The molecule has 0 aliphatic carbocycles. The lowest BCUT2D eigenvalue weighted by atomic mass is 9.87. The quantitative estimate of drug-likeness (QED) is 0.0140. The number of unbranched alkanes of at least 4 members (excludes halogenated alkanes) is 13. The number of halogens is 2. The van der Waals surface area contributed by atoms with Crippen LogP contribution in [-0.4, -0.2) is 112 Å². The highest BCUT2D eigenvalue weighted by Crippen LogP contribution is 2.27. The van der Waals surface area contributed by atoms with E-state index in [0.717, 1.165) is 132 Å². The summed E-state index contributed by atoms with van der Waals surface area (Å²) in [6.45, 7) is 14.9. The van der Waals surface area contributed by atoms with Gasteiger partial charge in [-0.3, -0.25) is 20.7 Å². The first kappa shape index (κ1) is 64.4. The maximum Gasteiger partial charge on any atom is 0.318 e. The van der Waals surface area contributed by atoms with Crippen molar-refractivity contribution >= 4 is 33.7 Å². The molecule has 14 nitrogen and oxygen atoms in total. The zero-order valence-electron chi connectivity index (χ0n) is 41.7. The minimum Gasteiger partial charge on any atom is -1.00 e. The summed E-state index contributed by atoms with van der Waals surface area (Å²) in [5, 5.41) is 15.8. The Hall–Kier alpha value is -2.69. The van der Waals surface area contributed by atoms with E-state index in [1.54, 1.807) is 0 Å². The fraction of sp³-hybridized carbons (Fsp3) is 0.792. The van der Waals surface area contributed by atoms with Crippen molar-refractivity contribution in [2.24, 2.45) is 11.5 Å². The molecule has 0 bridgehead atoms. The lowest BCUT2D eigenvalue weighted by Crippen LogP contribution is -3.00. The predicted octanol–water partition coefficient (Wildman–Crippen LogP) is -0.752. The second-order valence-corrected chi connectivity index (χ2v) is 21.0. The molecule has 0 heterocycles. The number of hydrogen-bond donors (Lipinski definition) is 8. The Bertz CT molecular complexity index is 1600. The van der Waals surface area contributed by atoms with Crippen molar-refractivity contribution in [3.63, 3.8) is 0 Å². The molecule has 65 heavy (non-hydrogen) atoms. The van der Waals surface area contributed by atoms with Crippen LogP contribution in [0.3, 0.4) is 0 Å². The fourth-order valence-electron chi connectivity index (χ4n) is 7.90. The molecular weight excluding hydrogens is 886 g/mol. The summed E-state index contributed by atoms with van der Waals surface area (Å²) in [5.41, 5.74) is 13.3. The minimum absolute atomic E-state index is 0. The molecule has 11 N–H and O–H groups in total. The van der Waals surface area contributed by atoms with Crippen LogP contribution in [0, 0.1) is 0 Å². The predicted molar refractivity (Wildman–Crippen MR) is 261 cm³/mol. The number of amidine groups is 1. The molecule has 1 aromatic rings. The molecule has 0 saturated heterocycles. The summed E-state index contributed by atoms with van der Waals surface area (Å²) in [7, 11) is 0.0389. The van der Waals surface area contributed by atoms with Crippen molar-refractivity contribution in [2.75, 3.05) is 65.7 Å². The van der Waals surface area contributed by atoms with E-state index in [1.807, 2.05) is 64.9 Å². The largest absolute Gasteiger partial charge is 1.00 e. The van der Waals surface area contributed by atoms with E-state index in [1.165, 1.54) is 32.1 Å². The molecule has 17 heteroatoms. The van der Waals surface area contributed by atoms with E-state index < -0.39 is 21.2 Å². The van der Waals surface area contributed by atoms with Gasteiger partial charge in [-0.2, -0.15) is 8.42 Å². The summed E-state index contributed by atoms with van der Waals surface area (Å²) in [6, 6.07) is 7.72. The van der Waals surface area contributed by atoms with Gasteiger partial charge in [-0.05, 0) is 90.8 Å².